The fourth-order valence-corrected chi connectivity index (χ4v) is 2.17. The number of imidazole rings is 1. The number of hydrogen-bond acceptors (Lipinski definition) is 6. The highest BCUT2D eigenvalue weighted by Crippen LogP contribution is 2.20. The summed E-state index contributed by atoms with van der Waals surface area (Å²) in [5.41, 5.74) is 0. The Hall–Kier alpha value is -2.22. The van der Waals surface area contributed by atoms with Gasteiger partial charge in [0.25, 0.3) is 11.7 Å². The lowest BCUT2D eigenvalue weighted by molar-refractivity contribution is 0.0940. The third-order valence-corrected chi connectivity index (χ3v) is 3.21. The molecule has 2 aromatic rings. The molecule has 8 nitrogen and oxygen atoms in total. The quantitative estimate of drug-likeness (QED) is 0.719. The first kappa shape index (κ1) is 12.8. The minimum atomic E-state index is -0.329. The zero-order valence-corrected chi connectivity index (χ0v) is 10.9. The molecular weight excluding hydrogens is 260 g/mol. The summed E-state index contributed by atoms with van der Waals surface area (Å²) in [4.78, 5) is 23.0. The lowest BCUT2D eigenvalue weighted by Gasteiger charge is -2.01. The molecular formula is C12H16N6O2. The zero-order chi connectivity index (χ0) is 13.8. The molecule has 0 radical (unpaired) electrons. The maximum absolute atomic E-state index is 11.9. The average Bonchev–Trinajstić information content (AvgIpc) is 3.20. The lowest BCUT2D eigenvalue weighted by Crippen LogP contribution is -2.27. The molecule has 1 aliphatic rings. The van der Waals surface area contributed by atoms with Gasteiger partial charge in [-0.15, -0.1) is 0 Å². The molecule has 3 rings (SSSR count). The molecule has 0 aliphatic carbocycles. The second kappa shape index (κ2) is 5.83. The third-order valence-electron chi connectivity index (χ3n) is 3.21. The number of H-pyrrole nitrogens is 1. The minimum absolute atomic E-state index is 0.0761. The van der Waals surface area contributed by atoms with Crippen LogP contribution < -0.4 is 10.6 Å². The maximum Gasteiger partial charge on any atom is 0.292 e. The molecule has 1 fully saturated rings. The number of aromatic amines is 1. The molecule has 1 saturated heterocycles. The van der Waals surface area contributed by atoms with Gasteiger partial charge in [-0.25, -0.2) is 4.98 Å². The van der Waals surface area contributed by atoms with Gasteiger partial charge in [-0.2, -0.15) is 4.98 Å². The molecule has 1 unspecified atom stereocenters. The van der Waals surface area contributed by atoms with Crippen LogP contribution in [0.25, 0.3) is 0 Å². The lowest BCUT2D eigenvalue weighted by atomic mass is 10.2. The molecule has 20 heavy (non-hydrogen) atoms. The van der Waals surface area contributed by atoms with Crippen molar-refractivity contribution in [2.75, 3.05) is 13.1 Å². The van der Waals surface area contributed by atoms with E-state index < -0.39 is 0 Å². The first-order valence-electron chi connectivity index (χ1n) is 6.66. The molecule has 0 saturated carbocycles. The number of carbonyl (C=O) groups is 1. The molecule has 0 spiro atoms. The van der Waals surface area contributed by atoms with Crippen LogP contribution in [0.2, 0.25) is 0 Å². The van der Waals surface area contributed by atoms with Gasteiger partial charge < -0.3 is 20.1 Å². The number of nitrogens with one attached hydrogen (secondary N) is 3. The largest absolute Gasteiger partial charge is 0.349 e. The summed E-state index contributed by atoms with van der Waals surface area (Å²) in [6.45, 7) is 1.41. The number of hydrogen-bond donors (Lipinski definition) is 3. The summed E-state index contributed by atoms with van der Waals surface area (Å²) >= 11 is 0. The molecule has 106 valence electrons. The van der Waals surface area contributed by atoms with Crippen molar-refractivity contribution in [2.24, 2.45) is 0 Å². The van der Waals surface area contributed by atoms with E-state index in [-0.39, 0.29) is 17.8 Å². The van der Waals surface area contributed by atoms with E-state index in [1.165, 1.54) is 0 Å². The van der Waals surface area contributed by atoms with Crippen molar-refractivity contribution in [3.05, 3.63) is 29.9 Å². The molecule has 3 heterocycles. The van der Waals surface area contributed by atoms with Crippen LogP contribution in [0, 0.1) is 0 Å². The fourth-order valence-electron chi connectivity index (χ4n) is 2.17. The van der Waals surface area contributed by atoms with Gasteiger partial charge in [-0.3, -0.25) is 4.79 Å². The molecule has 1 amide bonds. The van der Waals surface area contributed by atoms with Crippen LogP contribution in [-0.2, 0) is 6.42 Å². The van der Waals surface area contributed by atoms with Crippen molar-refractivity contribution in [1.82, 2.24) is 30.7 Å². The van der Waals surface area contributed by atoms with Crippen molar-refractivity contribution in [2.45, 2.75) is 25.3 Å². The SMILES string of the molecule is O=C(NCCc1ncc[nH]1)c1noc(C2CCCN2)n1. The second-order valence-electron chi connectivity index (χ2n) is 4.65. The van der Waals surface area contributed by atoms with E-state index in [9.17, 15) is 4.79 Å². The number of aromatic nitrogens is 4. The van der Waals surface area contributed by atoms with E-state index in [2.05, 4.69) is 30.7 Å². The predicted octanol–water partition coefficient (Wildman–Crippen LogP) is 0.190. The van der Waals surface area contributed by atoms with E-state index in [0.717, 1.165) is 25.2 Å². The van der Waals surface area contributed by atoms with Crippen molar-refractivity contribution < 1.29 is 9.32 Å². The number of carbonyl (C=O) groups excluding carboxylic acids is 1. The Labute approximate surface area is 115 Å². The highest BCUT2D eigenvalue weighted by molar-refractivity contribution is 5.90. The van der Waals surface area contributed by atoms with Crippen molar-refractivity contribution in [3.63, 3.8) is 0 Å². The van der Waals surface area contributed by atoms with E-state index in [1.54, 1.807) is 12.4 Å². The fraction of sp³-hybridized carbons (Fsp3) is 0.500. The van der Waals surface area contributed by atoms with Crippen LogP contribution in [-0.4, -0.2) is 39.1 Å². The van der Waals surface area contributed by atoms with Crippen molar-refractivity contribution >= 4 is 5.91 Å². The Kier molecular flexibility index (Phi) is 3.73. The first-order chi connectivity index (χ1) is 9.83. The smallest absolute Gasteiger partial charge is 0.292 e. The minimum Gasteiger partial charge on any atom is -0.349 e. The van der Waals surface area contributed by atoms with E-state index in [4.69, 9.17) is 4.52 Å². The molecule has 2 aromatic heterocycles. The number of nitrogens with zero attached hydrogens (tertiary/aromatic N) is 3. The Morgan fingerprint density at radius 2 is 2.50 bits per heavy atom. The van der Waals surface area contributed by atoms with Gasteiger partial charge in [0.1, 0.15) is 5.82 Å². The van der Waals surface area contributed by atoms with Gasteiger partial charge in [-0.1, -0.05) is 5.16 Å². The summed E-state index contributed by atoms with van der Waals surface area (Å²) in [5, 5.41) is 9.70. The van der Waals surface area contributed by atoms with E-state index in [0.29, 0.717) is 18.9 Å². The van der Waals surface area contributed by atoms with Crippen LogP contribution in [0.4, 0.5) is 0 Å². The number of rotatable bonds is 5. The van der Waals surface area contributed by atoms with Gasteiger partial charge in [0.05, 0.1) is 6.04 Å². The summed E-state index contributed by atoms with van der Waals surface area (Å²) < 4.78 is 5.12. The summed E-state index contributed by atoms with van der Waals surface area (Å²) in [7, 11) is 0. The van der Waals surface area contributed by atoms with Crippen LogP contribution in [0.5, 0.6) is 0 Å². The Bertz CT molecular complexity index is 558. The maximum atomic E-state index is 11.9. The molecule has 1 aliphatic heterocycles. The van der Waals surface area contributed by atoms with Crippen molar-refractivity contribution in [3.8, 4) is 0 Å². The van der Waals surface area contributed by atoms with E-state index in [1.807, 2.05) is 0 Å². The molecule has 0 bridgehead atoms. The summed E-state index contributed by atoms with van der Waals surface area (Å²) in [5.74, 6) is 1.06. The normalized spacial score (nSPS) is 18.3. The van der Waals surface area contributed by atoms with Crippen molar-refractivity contribution in [1.29, 1.82) is 0 Å². The van der Waals surface area contributed by atoms with Gasteiger partial charge in [0, 0.05) is 25.4 Å². The van der Waals surface area contributed by atoms with Gasteiger partial charge in [0.15, 0.2) is 0 Å². The predicted molar refractivity (Wildman–Crippen MR) is 68.9 cm³/mol. The summed E-state index contributed by atoms with van der Waals surface area (Å²) in [6, 6.07) is 0.0761. The van der Waals surface area contributed by atoms with Gasteiger partial charge in [-0.05, 0) is 19.4 Å². The Balaban J connectivity index is 1.51. The standard InChI is InChI=1S/C12H16N6O2/c19-11(16-5-3-9-14-6-7-15-9)10-17-12(20-18-10)8-2-1-4-13-8/h6-8,13H,1-5H2,(H,14,15)(H,16,19). The highest BCUT2D eigenvalue weighted by atomic mass is 16.5. The van der Waals surface area contributed by atoms with Crippen LogP contribution in [0.3, 0.4) is 0 Å². The topological polar surface area (TPSA) is 109 Å². The zero-order valence-electron chi connectivity index (χ0n) is 10.9. The van der Waals surface area contributed by atoms with Gasteiger partial charge in [0.2, 0.25) is 5.89 Å². The van der Waals surface area contributed by atoms with Crippen LogP contribution in [0.1, 0.15) is 41.2 Å². The van der Waals surface area contributed by atoms with Crippen LogP contribution in [0.15, 0.2) is 16.9 Å². The monoisotopic (exact) mass is 276 g/mol. The van der Waals surface area contributed by atoms with E-state index >= 15 is 0 Å². The number of amides is 1. The first-order valence-corrected chi connectivity index (χ1v) is 6.66. The highest BCUT2D eigenvalue weighted by Gasteiger charge is 2.24. The Morgan fingerprint density at radius 1 is 1.55 bits per heavy atom. The molecule has 3 N–H and O–H groups in total. The third kappa shape index (κ3) is 2.85. The van der Waals surface area contributed by atoms with Gasteiger partial charge >= 0.3 is 0 Å². The molecule has 8 heteroatoms. The Morgan fingerprint density at radius 3 is 3.25 bits per heavy atom. The average molecular weight is 276 g/mol. The molecule has 1 atom stereocenters. The van der Waals surface area contributed by atoms with Crippen LogP contribution >= 0.6 is 0 Å². The molecule has 0 aromatic carbocycles. The summed E-state index contributed by atoms with van der Waals surface area (Å²) in [6.07, 6.45) is 6.10. The second-order valence-corrected chi connectivity index (χ2v) is 4.65.